The zero-order valence-electron chi connectivity index (χ0n) is 12.5. The van der Waals surface area contributed by atoms with Crippen LogP contribution in [0.4, 0.5) is 10.1 Å². The SMILES string of the molecule is O=S(=O)(Nc1ccc(OC2CCCC2)cc1)c1ccccc1F. The van der Waals surface area contributed by atoms with Gasteiger partial charge in [-0.15, -0.1) is 0 Å². The molecule has 4 nitrogen and oxygen atoms in total. The van der Waals surface area contributed by atoms with E-state index in [0.717, 1.165) is 18.9 Å². The summed E-state index contributed by atoms with van der Waals surface area (Å²) in [5.74, 6) is -0.0630. The van der Waals surface area contributed by atoms with Gasteiger partial charge >= 0.3 is 0 Å². The normalized spacial score (nSPS) is 15.5. The molecule has 1 N–H and O–H groups in total. The van der Waals surface area contributed by atoms with Gasteiger partial charge in [0.2, 0.25) is 0 Å². The van der Waals surface area contributed by atoms with Crippen molar-refractivity contribution in [2.75, 3.05) is 4.72 Å². The highest BCUT2D eigenvalue weighted by Gasteiger charge is 2.19. The van der Waals surface area contributed by atoms with Crippen LogP contribution in [-0.4, -0.2) is 14.5 Å². The van der Waals surface area contributed by atoms with Crippen LogP contribution in [0.5, 0.6) is 5.75 Å². The number of sulfonamides is 1. The molecule has 0 spiro atoms. The van der Waals surface area contributed by atoms with Gasteiger partial charge in [-0.2, -0.15) is 0 Å². The molecule has 2 aromatic rings. The van der Waals surface area contributed by atoms with Gasteiger partial charge in [-0.1, -0.05) is 12.1 Å². The van der Waals surface area contributed by atoms with Crippen molar-refractivity contribution in [3.05, 3.63) is 54.3 Å². The molecule has 0 aliphatic heterocycles. The maximum atomic E-state index is 13.6. The van der Waals surface area contributed by atoms with Crippen molar-refractivity contribution in [3.63, 3.8) is 0 Å². The quantitative estimate of drug-likeness (QED) is 0.900. The molecule has 23 heavy (non-hydrogen) atoms. The number of halogens is 1. The first-order valence-corrected chi connectivity index (χ1v) is 9.07. The summed E-state index contributed by atoms with van der Waals surface area (Å²) < 4.78 is 46.2. The topological polar surface area (TPSA) is 55.4 Å². The fourth-order valence-corrected chi connectivity index (χ4v) is 3.81. The average molecular weight is 335 g/mol. The molecule has 1 fully saturated rings. The number of ether oxygens (including phenoxy) is 1. The van der Waals surface area contributed by atoms with Crippen LogP contribution in [0.25, 0.3) is 0 Å². The summed E-state index contributed by atoms with van der Waals surface area (Å²) in [4.78, 5) is -0.369. The summed E-state index contributed by atoms with van der Waals surface area (Å²) >= 11 is 0. The second-order valence-electron chi connectivity index (χ2n) is 5.58. The summed E-state index contributed by atoms with van der Waals surface area (Å²) in [6.45, 7) is 0. The Labute approximate surface area is 135 Å². The Bertz CT molecular complexity index is 769. The molecular weight excluding hydrogens is 317 g/mol. The van der Waals surface area contributed by atoms with Crippen LogP contribution >= 0.6 is 0 Å². The first-order chi connectivity index (χ1) is 11.0. The van der Waals surface area contributed by atoms with Crippen molar-refractivity contribution >= 4 is 15.7 Å². The zero-order valence-corrected chi connectivity index (χ0v) is 13.4. The molecular formula is C17H18FNO3S. The number of anilines is 1. The van der Waals surface area contributed by atoms with Gasteiger partial charge in [-0.3, -0.25) is 4.72 Å². The first-order valence-electron chi connectivity index (χ1n) is 7.59. The molecule has 0 saturated heterocycles. The smallest absolute Gasteiger partial charge is 0.264 e. The number of hydrogen-bond acceptors (Lipinski definition) is 3. The lowest BCUT2D eigenvalue weighted by Gasteiger charge is -2.14. The molecule has 0 radical (unpaired) electrons. The van der Waals surface area contributed by atoms with E-state index in [1.165, 1.54) is 31.0 Å². The first kappa shape index (κ1) is 15.8. The van der Waals surface area contributed by atoms with Gasteiger partial charge in [-0.25, -0.2) is 12.8 Å². The monoisotopic (exact) mass is 335 g/mol. The van der Waals surface area contributed by atoms with Crippen LogP contribution in [0.2, 0.25) is 0 Å². The molecule has 3 rings (SSSR count). The standard InChI is InChI=1S/C17H18FNO3S/c18-16-7-3-4-8-17(16)23(20,21)19-13-9-11-15(12-10-13)22-14-5-1-2-6-14/h3-4,7-12,14,19H,1-2,5-6H2. The summed E-state index contributed by atoms with van der Waals surface area (Å²) in [6, 6.07) is 11.9. The lowest BCUT2D eigenvalue weighted by Crippen LogP contribution is -2.14. The number of rotatable bonds is 5. The van der Waals surface area contributed by atoms with Crippen molar-refractivity contribution in [2.24, 2.45) is 0 Å². The Balaban J connectivity index is 1.71. The van der Waals surface area contributed by atoms with E-state index < -0.39 is 15.8 Å². The molecule has 6 heteroatoms. The van der Waals surface area contributed by atoms with Crippen LogP contribution in [0.3, 0.4) is 0 Å². The molecule has 0 heterocycles. The minimum Gasteiger partial charge on any atom is -0.490 e. The van der Waals surface area contributed by atoms with Crippen molar-refractivity contribution in [2.45, 2.75) is 36.7 Å². The highest BCUT2D eigenvalue weighted by Crippen LogP contribution is 2.26. The Hall–Kier alpha value is -2.08. The minimum atomic E-state index is -3.95. The highest BCUT2D eigenvalue weighted by molar-refractivity contribution is 7.92. The van der Waals surface area contributed by atoms with E-state index in [0.29, 0.717) is 11.4 Å². The number of benzene rings is 2. The predicted molar refractivity (Wildman–Crippen MR) is 86.5 cm³/mol. The molecule has 1 saturated carbocycles. The average Bonchev–Trinajstić information content (AvgIpc) is 3.02. The molecule has 0 aromatic heterocycles. The highest BCUT2D eigenvalue weighted by atomic mass is 32.2. The van der Waals surface area contributed by atoms with Crippen molar-refractivity contribution in [3.8, 4) is 5.75 Å². The third-order valence-electron chi connectivity index (χ3n) is 3.84. The number of hydrogen-bond donors (Lipinski definition) is 1. The van der Waals surface area contributed by atoms with Crippen molar-refractivity contribution in [1.82, 2.24) is 0 Å². The Morgan fingerprint density at radius 2 is 1.65 bits per heavy atom. The molecule has 0 atom stereocenters. The third kappa shape index (κ3) is 3.82. The van der Waals surface area contributed by atoms with E-state index in [1.54, 1.807) is 24.3 Å². The van der Waals surface area contributed by atoms with E-state index in [4.69, 9.17) is 4.74 Å². The summed E-state index contributed by atoms with van der Waals surface area (Å²) in [5, 5.41) is 0. The second-order valence-corrected chi connectivity index (χ2v) is 7.24. The van der Waals surface area contributed by atoms with E-state index in [1.807, 2.05) is 0 Å². The van der Waals surface area contributed by atoms with Gasteiger partial charge in [0, 0.05) is 5.69 Å². The Kier molecular flexibility index (Phi) is 4.52. The number of nitrogens with one attached hydrogen (secondary N) is 1. The Morgan fingerprint density at radius 1 is 1.00 bits per heavy atom. The maximum absolute atomic E-state index is 13.6. The van der Waals surface area contributed by atoms with Gasteiger partial charge in [0.05, 0.1) is 6.10 Å². The lowest BCUT2D eigenvalue weighted by molar-refractivity contribution is 0.210. The van der Waals surface area contributed by atoms with Crippen LogP contribution in [-0.2, 0) is 10.0 Å². The van der Waals surface area contributed by atoms with E-state index >= 15 is 0 Å². The molecule has 1 aliphatic carbocycles. The molecule has 1 aliphatic rings. The van der Waals surface area contributed by atoms with Gasteiger partial charge in [-0.05, 0) is 62.1 Å². The summed E-state index contributed by atoms with van der Waals surface area (Å²) in [7, 11) is -3.95. The van der Waals surface area contributed by atoms with Crippen LogP contribution in [0.1, 0.15) is 25.7 Å². The van der Waals surface area contributed by atoms with Crippen LogP contribution in [0.15, 0.2) is 53.4 Å². The van der Waals surface area contributed by atoms with Gasteiger partial charge < -0.3 is 4.74 Å². The van der Waals surface area contributed by atoms with E-state index in [-0.39, 0.29) is 11.0 Å². The summed E-state index contributed by atoms with van der Waals surface area (Å²) in [6.07, 6.45) is 4.73. The Morgan fingerprint density at radius 3 is 2.30 bits per heavy atom. The summed E-state index contributed by atoms with van der Waals surface area (Å²) in [5.41, 5.74) is 0.368. The fourth-order valence-electron chi connectivity index (χ4n) is 2.67. The molecule has 2 aromatic carbocycles. The van der Waals surface area contributed by atoms with Crippen LogP contribution in [0, 0.1) is 5.82 Å². The van der Waals surface area contributed by atoms with Gasteiger partial charge in [0.1, 0.15) is 16.5 Å². The second kappa shape index (κ2) is 6.58. The van der Waals surface area contributed by atoms with Gasteiger partial charge in [0.25, 0.3) is 10.0 Å². The van der Waals surface area contributed by atoms with Crippen molar-refractivity contribution < 1.29 is 17.5 Å². The molecule has 122 valence electrons. The minimum absolute atomic E-state index is 0.246. The third-order valence-corrected chi connectivity index (χ3v) is 5.25. The van der Waals surface area contributed by atoms with Gasteiger partial charge in [0.15, 0.2) is 0 Å². The zero-order chi connectivity index (χ0) is 16.3. The molecule has 0 amide bonds. The lowest BCUT2D eigenvalue weighted by atomic mass is 10.3. The van der Waals surface area contributed by atoms with Crippen LogP contribution < -0.4 is 9.46 Å². The maximum Gasteiger partial charge on any atom is 0.264 e. The molecule has 0 unspecified atom stereocenters. The van der Waals surface area contributed by atoms with E-state index in [9.17, 15) is 12.8 Å². The van der Waals surface area contributed by atoms with E-state index in [2.05, 4.69) is 4.72 Å². The van der Waals surface area contributed by atoms with Crippen molar-refractivity contribution in [1.29, 1.82) is 0 Å². The fraction of sp³-hybridized carbons (Fsp3) is 0.294. The largest absolute Gasteiger partial charge is 0.490 e. The predicted octanol–water partition coefficient (Wildman–Crippen LogP) is 3.95. The molecule has 0 bridgehead atoms.